The van der Waals surface area contributed by atoms with Crippen molar-refractivity contribution < 1.29 is 0 Å². The lowest BCUT2D eigenvalue weighted by Gasteiger charge is -2.20. The Morgan fingerprint density at radius 1 is 0.388 bits per heavy atom. The zero-order valence-electron chi connectivity index (χ0n) is 26.4. The number of hydrogen-bond acceptors (Lipinski definition) is 2. The molecule has 1 aromatic heterocycles. The topological polar surface area (TPSA) is 52.5 Å². The van der Waals surface area contributed by atoms with Crippen molar-refractivity contribution in [3.05, 3.63) is 175 Å². The summed E-state index contributed by atoms with van der Waals surface area (Å²) in [4.78, 5) is 0. The first-order chi connectivity index (χ1) is 24.3. The van der Waals surface area contributed by atoms with Gasteiger partial charge in [0.05, 0.1) is 28.2 Å². The predicted molar refractivity (Wildman–Crippen MR) is 202 cm³/mol. The summed E-state index contributed by atoms with van der Waals surface area (Å²) >= 11 is 0. The van der Waals surface area contributed by atoms with Gasteiger partial charge in [0.15, 0.2) is 0 Å². The highest BCUT2D eigenvalue weighted by Gasteiger charge is 2.23. The lowest BCUT2D eigenvalue weighted by molar-refractivity contribution is 1.18. The fourth-order valence-electron chi connectivity index (χ4n) is 7.64. The number of nitrogens with zero attached hydrogens (tertiary/aromatic N) is 3. The second-order valence-corrected chi connectivity index (χ2v) is 12.3. The second-order valence-electron chi connectivity index (χ2n) is 12.3. The van der Waals surface area contributed by atoms with E-state index in [-0.39, 0.29) is 0 Å². The minimum Gasteiger partial charge on any atom is -0.309 e. The van der Waals surface area contributed by atoms with E-state index in [1.165, 1.54) is 10.8 Å². The lowest BCUT2D eigenvalue weighted by Crippen LogP contribution is -1.98. The molecule has 9 aromatic rings. The monoisotopic (exact) mass is 621 g/mol. The average molecular weight is 622 g/mol. The Kier molecular flexibility index (Phi) is 6.58. The summed E-state index contributed by atoms with van der Waals surface area (Å²) < 4.78 is 2.29. The minimum atomic E-state index is 0.474. The van der Waals surface area contributed by atoms with Gasteiger partial charge in [-0.05, 0) is 68.6 Å². The standard InChI is InChI=1S/C46H27N3/c47-28-32-25-26-34(31-15-12-16-33(27-31)49-42-23-10-8-17-35(42)36-18-9-11-24-43(36)49)41(29-48)45(32)46-39-21-6-4-19-37(39)44(30-13-2-1-3-14-30)38-20-5-7-22-40(38)46/h1-27H. The zero-order valence-corrected chi connectivity index (χ0v) is 26.4. The fraction of sp³-hybridized carbons (Fsp3) is 0. The molecule has 0 saturated carbocycles. The lowest BCUT2D eigenvalue weighted by atomic mass is 9.82. The van der Waals surface area contributed by atoms with Crippen LogP contribution in [0.4, 0.5) is 0 Å². The Morgan fingerprint density at radius 3 is 1.47 bits per heavy atom. The molecule has 0 atom stereocenters. The first-order valence-electron chi connectivity index (χ1n) is 16.3. The second kappa shape index (κ2) is 11.4. The molecule has 0 spiro atoms. The molecule has 8 aromatic carbocycles. The van der Waals surface area contributed by atoms with Crippen LogP contribution in [0.15, 0.2) is 164 Å². The molecule has 0 saturated heterocycles. The van der Waals surface area contributed by atoms with Crippen LogP contribution in [0.5, 0.6) is 0 Å². The first kappa shape index (κ1) is 28.3. The van der Waals surface area contributed by atoms with Crippen LogP contribution in [0, 0.1) is 22.7 Å². The van der Waals surface area contributed by atoms with Gasteiger partial charge in [-0.2, -0.15) is 10.5 Å². The van der Waals surface area contributed by atoms with Crippen molar-refractivity contribution in [2.75, 3.05) is 0 Å². The number of para-hydroxylation sites is 2. The SMILES string of the molecule is N#Cc1ccc(-c2cccc(-n3c4ccccc4c4ccccc43)c2)c(C#N)c1-c1c2ccccc2c(-c2ccccc2)c2ccccc12. The van der Waals surface area contributed by atoms with Crippen molar-refractivity contribution >= 4 is 43.4 Å². The molecule has 0 amide bonds. The number of benzene rings is 8. The highest BCUT2D eigenvalue weighted by atomic mass is 15.0. The van der Waals surface area contributed by atoms with Crippen molar-refractivity contribution in [1.82, 2.24) is 4.57 Å². The summed E-state index contributed by atoms with van der Waals surface area (Å²) in [6.45, 7) is 0. The summed E-state index contributed by atoms with van der Waals surface area (Å²) in [7, 11) is 0. The van der Waals surface area contributed by atoms with E-state index in [4.69, 9.17) is 0 Å². The molecule has 3 nitrogen and oxygen atoms in total. The summed E-state index contributed by atoms with van der Waals surface area (Å²) in [6, 6.07) is 61.2. The van der Waals surface area contributed by atoms with Crippen molar-refractivity contribution in [3.63, 3.8) is 0 Å². The van der Waals surface area contributed by atoms with E-state index in [1.807, 2.05) is 36.4 Å². The van der Waals surface area contributed by atoms with Crippen LogP contribution in [0.1, 0.15) is 11.1 Å². The Labute approximate surface area is 283 Å². The molecular weight excluding hydrogens is 595 g/mol. The summed E-state index contributed by atoms with van der Waals surface area (Å²) in [5, 5.41) is 28.1. The number of nitriles is 2. The normalized spacial score (nSPS) is 11.2. The maximum atomic E-state index is 11.0. The van der Waals surface area contributed by atoms with Crippen LogP contribution in [0.3, 0.4) is 0 Å². The molecule has 0 bridgehead atoms. The molecule has 0 aliphatic rings. The Morgan fingerprint density at radius 2 is 0.898 bits per heavy atom. The molecular formula is C46H27N3. The van der Waals surface area contributed by atoms with Gasteiger partial charge in [-0.3, -0.25) is 0 Å². The van der Waals surface area contributed by atoms with Crippen molar-refractivity contribution in [3.8, 4) is 51.2 Å². The molecule has 0 unspecified atom stereocenters. The predicted octanol–water partition coefficient (Wildman–Crippen LogP) is 11.8. The largest absolute Gasteiger partial charge is 0.309 e. The summed E-state index contributed by atoms with van der Waals surface area (Å²) in [5.74, 6) is 0. The molecule has 0 N–H and O–H groups in total. The average Bonchev–Trinajstić information content (AvgIpc) is 3.51. The molecule has 0 aliphatic heterocycles. The number of rotatable bonds is 4. The number of aromatic nitrogens is 1. The van der Waals surface area contributed by atoms with Crippen LogP contribution in [0.25, 0.3) is 82.4 Å². The maximum absolute atomic E-state index is 11.0. The van der Waals surface area contributed by atoms with E-state index in [1.54, 1.807) is 0 Å². The molecule has 0 fully saturated rings. The molecule has 49 heavy (non-hydrogen) atoms. The van der Waals surface area contributed by atoms with E-state index in [0.717, 1.165) is 66.1 Å². The van der Waals surface area contributed by atoms with E-state index in [9.17, 15) is 10.5 Å². The fourth-order valence-corrected chi connectivity index (χ4v) is 7.64. The van der Waals surface area contributed by atoms with E-state index in [0.29, 0.717) is 16.7 Å². The van der Waals surface area contributed by atoms with Gasteiger partial charge in [-0.25, -0.2) is 0 Å². The van der Waals surface area contributed by atoms with Crippen molar-refractivity contribution in [2.24, 2.45) is 0 Å². The van der Waals surface area contributed by atoms with Crippen molar-refractivity contribution in [2.45, 2.75) is 0 Å². The van der Waals surface area contributed by atoms with Crippen LogP contribution in [0.2, 0.25) is 0 Å². The van der Waals surface area contributed by atoms with Crippen LogP contribution < -0.4 is 0 Å². The van der Waals surface area contributed by atoms with Gasteiger partial charge in [0, 0.05) is 33.2 Å². The van der Waals surface area contributed by atoms with Gasteiger partial charge in [0.2, 0.25) is 0 Å². The summed E-state index contributed by atoms with van der Waals surface area (Å²) in [6.07, 6.45) is 0. The molecule has 226 valence electrons. The third-order valence-corrected chi connectivity index (χ3v) is 9.68. The number of fused-ring (bicyclic) bond motifs is 5. The molecule has 0 radical (unpaired) electrons. The van der Waals surface area contributed by atoms with Gasteiger partial charge < -0.3 is 4.57 Å². The third-order valence-electron chi connectivity index (χ3n) is 9.68. The molecule has 0 aliphatic carbocycles. The Bertz CT molecular complexity index is 2740. The van der Waals surface area contributed by atoms with Crippen molar-refractivity contribution in [1.29, 1.82) is 10.5 Å². The van der Waals surface area contributed by atoms with Crippen LogP contribution in [-0.4, -0.2) is 4.57 Å². The highest BCUT2D eigenvalue weighted by Crippen LogP contribution is 2.46. The van der Waals surface area contributed by atoms with Gasteiger partial charge in [-0.15, -0.1) is 0 Å². The first-order valence-corrected chi connectivity index (χ1v) is 16.3. The molecule has 1 heterocycles. The zero-order chi connectivity index (χ0) is 32.9. The van der Waals surface area contributed by atoms with Gasteiger partial charge in [-0.1, -0.05) is 133 Å². The van der Waals surface area contributed by atoms with E-state index < -0.39 is 0 Å². The molecule has 9 rings (SSSR count). The summed E-state index contributed by atoms with van der Waals surface area (Å²) in [5.41, 5.74) is 9.75. The van der Waals surface area contributed by atoms with Gasteiger partial charge in [0.25, 0.3) is 0 Å². The molecule has 3 heteroatoms. The smallest absolute Gasteiger partial charge is 0.100 e. The van der Waals surface area contributed by atoms with Crippen LogP contribution >= 0.6 is 0 Å². The Hall–Kier alpha value is -6.94. The maximum Gasteiger partial charge on any atom is 0.100 e. The third kappa shape index (κ3) is 4.35. The minimum absolute atomic E-state index is 0.474. The van der Waals surface area contributed by atoms with Gasteiger partial charge >= 0.3 is 0 Å². The van der Waals surface area contributed by atoms with Crippen LogP contribution in [-0.2, 0) is 0 Å². The number of hydrogen-bond donors (Lipinski definition) is 0. The highest BCUT2D eigenvalue weighted by molar-refractivity contribution is 6.22. The van der Waals surface area contributed by atoms with E-state index >= 15 is 0 Å². The quantitative estimate of drug-likeness (QED) is 0.184. The Balaban J connectivity index is 1.34. The van der Waals surface area contributed by atoms with Gasteiger partial charge in [0.1, 0.15) is 6.07 Å². The van der Waals surface area contributed by atoms with E-state index in [2.05, 4.69) is 144 Å².